The molecule has 0 spiro atoms. The quantitative estimate of drug-likeness (QED) is 0.0322. The molecule has 13 nitrogen and oxygen atoms in total. The van der Waals surface area contributed by atoms with E-state index in [0.29, 0.717) is 23.2 Å². The van der Waals surface area contributed by atoms with Crippen molar-refractivity contribution in [3.05, 3.63) is 83.2 Å². The van der Waals surface area contributed by atoms with Crippen LogP contribution in [0.1, 0.15) is 118 Å². The predicted octanol–water partition coefficient (Wildman–Crippen LogP) is 8.14. The first kappa shape index (κ1) is 43.0. The van der Waals surface area contributed by atoms with Crippen LogP contribution >= 0.6 is 0 Å². The van der Waals surface area contributed by atoms with Gasteiger partial charge in [0.1, 0.15) is 10.6 Å². The molecule has 0 unspecified atom stereocenters. The minimum Gasteiger partial charge on any atom is -0.492 e. The third-order valence-electron chi connectivity index (χ3n) is 9.49. The van der Waals surface area contributed by atoms with Gasteiger partial charge >= 0.3 is 11.9 Å². The molecule has 0 amide bonds. The number of carboxylic acid groups (broad SMARTS) is 2. The van der Waals surface area contributed by atoms with Gasteiger partial charge in [0.15, 0.2) is 0 Å². The number of aryl methyl sites for hydroxylation is 1. The molecule has 0 aliphatic heterocycles. The number of carbonyl (C=O) groups is 2. The number of hydrogen-bond donors (Lipinski definition) is 4. The van der Waals surface area contributed by atoms with Crippen LogP contribution in [-0.2, 0) is 27.2 Å². The number of pyridine rings is 1. The molecule has 0 atom stereocenters. The lowest BCUT2D eigenvalue weighted by atomic mass is 10.0. The Kier molecular flexibility index (Phi) is 15.8. The number of ether oxygens (including phenoxy) is 1. The van der Waals surface area contributed by atoms with Crippen LogP contribution in [0.15, 0.2) is 81.6 Å². The number of fused-ring (bicyclic) bond motifs is 1. The molecular formula is C40H51N3O10S2. The molecular weight excluding hydrogens is 747 g/mol. The van der Waals surface area contributed by atoms with Crippen LogP contribution < -0.4 is 14.9 Å². The first-order valence-electron chi connectivity index (χ1n) is 18.7. The molecule has 298 valence electrons. The smallest absolute Gasteiger partial charge is 0.335 e. The first-order chi connectivity index (χ1) is 26.2. The Labute approximate surface area is 322 Å². The summed E-state index contributed by atoms with van der Waals surface area (Å²) in [5.74, 6) is -2.52. The molecule has 0 saturated carbocycles. The monoisotopic (exact) mass is 797 g/mol. The van der Waals surface area contributed by atoms with E-state index in [1.165, 1.54) is 107 Å². The van der Waals surface area contributed by atoms with Gasteiger partial charge < -0.3 is 19.5 Å². The number of unbranched alkanes of at least 4 members (excludes halogenated alkanes) is 13. The fourth-order valence-electron chi connectivity index (χ4n) is 6.37. The zero-order valence-electron chi connectivity index (χ0n) is 31.4. The molecule has 1 heterocycles. The number of carboxylic acids is 2. The van der Waals surface area contributed by atoms with Crippen LogP contribution in [0.2, 0.25) is 0 Å². The van der Waals surface area contributed by atoms with Crippen LogP contribution in [0.5, 0.6) is 5.75 Å². The second-order valence-corrected chi connectivity index (χ2v) is 16.7. The van der Waals surface area contributed by atoms with Gasteiger partial charge in [-0.15, -0.1) is 0 Å². The minimum atomic E-state index is -4.65. The minimum absolute atomic E-state index is 0.0428. The number of benzene rings is 3. The van der Waals surface area contributed by atoms with E-state index in [9.17, 15) is 41.2 Å². The summed E-state index contributed by atoms with van der Waals surface area (Å²) in [6.45, 7) is 2.44. The molecule has 0 aliphatic carbocycles. The molecule has 4 aromatic rings. The van der Waals surface area contributed by atoms with E-state index in [0.717, 1.165) is 31.4 Å². The van der Waals surface area contributed by atoms with Crippen molar-refractivity contribution in [2.45, 2.75) is 107 Å². The van der Waals surface area contributed by atoms with Crippen molar-refractivity contribution in [2.24, 2.45) is 12.1 Å². The maximum absolute atomic E-state index is 13.8. The number of aromatic nitrogens is 1. The van der Waals surface area contributed by atoms with Gasteiger partial charge in [-0.2, -0.15) is 26.8 Å². The van der Waals surface area contributed by atoms with E-state index < -0.39 is 41.9 Å². The lowest BCUT2D eigenvalue weighted by Gasteiger charge is -2.15. The van der Waals surface area contributed by atoms with Crippen molar-refractivity contribution in [3.8, 4) is 17.0 Å². The molecule has 4 N–H and O–H groups in total. The van der Waals surface area contributed by atoms with Crippen LogP contribution in [0.25, 0.3) is 22.2 Å². The topological polar surface area (TPSA) is 202 Å². The van der Waals surface area contributed by atoms with Crippen LogP contribution in [0.3, 0.4) is 0 Å². The maximum Gasteiger partial charge on any atom is 0.335 e. The van der Waals surface area contributed by atoms with E-state index in [-0.39, 0.29) is 34.2 Å². The summed E-state index contributed by atoms with van der Waals surface area (Å²) >= 11 is 0. The molecule has 1 aromatic heterocycles. The Hall–Kier alpha value is -4.73. The number of nitrogens with one attached hydrogen (secondary N) is 1. The highest BCUT2D eigenvalue weighted by Gasteiger charge is 2.22. The fourth-order valence-corrected chi connectivity index (χ4v) is 7.87. The fraction of sp³-hybridized carbons (Fsp3) is 0.425. The Bertz CT molecular complexity index is 2230. The molecule has 3 aromatic carbocycles. The molecule has 0 bridgehead atoms. The lowest BCUT2D eigenvalue weighted by Crippen LogP contribution is -2.24. The Morgan fingerprint density at radius 2 is 1.25 bits per heavy atom. The number of rotatable bonds is 23. The van der Waals surface area contributed by atoms with E-state index in [1.807, 2.05) is 0 Å². The van der Waals surface area contributed by atoms with Gasteiger partial charge in [-0.3, -0.25) is 4.55 Å². The third kappa shape index (κ3) is 12.4. The number of nitrogens with zero attached hydrogens (tertiary/aromatic N) is 2. The highest BCUT2D eigenvalue weighted by molar-refractivity contribution is 7.89. The van der Waals surface area contributed by atoms with Crippen LogP contribution in [-0.4, -0.2) is 54.7 Å². The number of hydrogen-bond acceptors (Lipinski definition) is 8. The zero-order valence-corrected chi connectivity index (χ0v) is 33.0. The summed E-state index contributed by atoms with van der Waals surface area (Å²) in [6.07, 6.45) is 16.6. The van der Waals surface area contributed by atoms with Gasteiger partial charge in [-0.1, -0.05) is 103 Å². The Morgan fingerprint density at radius 3 is 1.80 bits per heavy atom. The van der Waals surface area contributed by atoms with Gasteiger partial charge in [-0.25, -0.2) is 9.59 Å². The molecule has 55 heavy (non-hydrogen) atoms. The molecule has 0 aliphatic rings. The van der Waals surface area contributed by atoms with Crippen molar-refractivity contribution in [1.29, 1.82) is 0 Å². The molecule has 15 heteroatoms. The van der Waals surface area contributed by atoms with Crippen molar-refractivity contribution in [3.63, 3.8) is 0 Å². The van der Waals surface area contributed by atoms with E-state index in [1.54, 1.807) is 23.7 Å². The summed E-state index contributed by atoms with van der Waals surface area (Å²) in [6, 6.07) is 14.7. The number of sulfonamides is 1. The maximum atomic E-state index is 13.8. The van der Waals surface area contributed by atoms with E-state index in [2.05, 4.69) is 16.9 Å². The molecule has 0 saturated heterocycles. The third-order valence-corrected chi connectivity index (χ3v) is 11.6. The highest BCUT2D eigenvalue weighted by atomic mass is 32.2. The van der Waals surface area contributed by atoms with Gasteiger partial charge in [0.05, 0.1) is 39.2 Å². The predicted molar refractivity (Wildman–Crippen MR) is 210 cm³/mol. The molecule has 0 radical (unpaired) electrons. The Morgan fingerprint density at radius 1 is 0.709 bits per heavy atom. The first-order valence-corrected chi connectivity index (χ1v) is 21.7. The summed E-state index contributed by atoms with van der Waals surface area (Å²) in [7, 11) is -7.55. The average molecular weight is 798 g/mol. The zero-order chi connectivity index (χ0) is 40.0. The van der Waals surface area contributed by atoms with E-state index >= 15 is 0 Å². The standard InChI is InChI=1S/C40H51N3O10S2/c1-3-4-5-6-7-8-9-10-11-12-13-14-15-16-25-53-37-24-21-31(40(46)47)26-38(37)54(48,49)42-41-34-28-36(29-17-19-30(20-18-29)39(44)45)43(2)35-23-22-32(27-33(34)35)55(50,51)52/h17-24,26-28,42H,3-16,25H2,1-2H3,(H,44,45)(H,46,47)(H,50,51,52)/b41-34-. The van der Waals surface area contributed by atoms with Crippen molar-refractivity contribution < 1.29 is 45.9 Å². The molecule has 4 rings (SSSR count). The average Bonchev–Trinajstić information content (AvgIpc) is 3.15. The normalized spacial score (nSPS) is 12.2. The second-order valence-electron chi connectivity index (χ2n) is 13.6. The summed E-state index contributed by atoms with van der Waals surface area (Å²) in [5.41, 5.74) is 1.17. The van der Waals surface area contributed by atoms with Gasteiger partial charge in [0.2, 0.25) is 0 Å². The summed E-state index contributed by atoms with van der Waals surface area (Å²) < 4.78 is 68.9. The Balaban J connectivity index is 1.51. The highest BCUT2D eigenvalue weighted by Crippen LogP contribution is 2.27. The number of aromatic carboxylic acids is 2. The summed E-state index contributed by atoms with van der Waals surface area (Å²) in [5, 5.41) is 23.2. The van der Waals surface area contributed by atoms with Gasteiger partial charge in [-0.05, 0) is 66.6 Å². The lowest BCUT2D eigenvalue weighted by molar-refractivity contribution is 0.0686. The van der Waals surface area contributed by atoms with Crippen LogP contribution in [0, 0.1) is 0 Å². The largest absolute Gasteiger partial charge is 0.492 e. The van der Waals surface area contributed by atoms with Crippen LogP contribution in [0.4, 0.5) is 0 Å². The van der Waals surface area contributed by atoms with Gasteiger partial charge in [0, 0.05) is 12.4 Å². The van der Waals surface area contributed by atoms with Gasteiger partial charge in [0.25, 0.3) is 20.1 Å². The van der Waals surface area contributed by atoms with E-state index in [4.69, 9.17) is 4.74 Å². The molecule has 0 fully saturated rings. The van der Waals surface area contributed by atoms with Crippen molar-refractivity contribution in [1.82, 2.24) is 9.40 Å². The summed E-state index contributed by atoms with van der Waals surface area (Å²) in [4.78, 5) is 24.5. The SMILES string of the molecule is CCCCCCCCCCCCCCCCOc1ccc(C(=O)O)cc1S(=O)(=O)N/N=c1/cc(-c2ccc(C(=O)O)cc2)n(C)c2ccc(S(=O)(=O)O)cc12. The second kappa shape index (κ2) is 20.3. The van der Waals surface area contributed by atoms with Crippen molar-refractivity contribution >= 4 is 43.0 Å². The van der Waals surface area contributed by atoms with Crippen molar-refractivity contribution in [2.75, 3.05) is 6.61 Å².